The molecule has 0 aromatic carbocycles. The lowest BCUT2D eigenvalue weighted by Crippen LogP contribution is -2.31. The van der Waals surface area contributed by atoms with Gasteiger partial charge in [-0.05, 0) is 18.8 Å². The van der Waals surface area contributed by atoms with Crippen LogP contribution in [0.25, 0.3) is 0 Å². The Morgan fingerprint density at radius 3 is 2.36 bits per heavy atom. The minimum atomic E-state index is -0.0568. The number of nitrogens with two attached hydrogens (primary N) is 1. The molecule has 0 saturated carbocycles. The van der Waals surface area contributed by atoms with E-state index in [9.17, 15) is 0 Å². The molecular formula is C10H20N4. The lowest BCUT2D eigenvalue weighted by Gasteiger charge is -2.29. The van der Waals surface area contributed by atoms with Crippen molar-refractivity contribution >= 4 is 0 Å². The standard InChI is InChI=1S/C10H20N4/c1-6-10(3,4)8(11)9-13-12-7(2)14(9)5/h8H,6,11H2,1-5H3. The van der Waals surface area contributed by atoms with Crippen molar-refractivity contribution in [3.8, 4) is 0 Å². The van der Waals surface area contributed by atoms with Crippen LogP contribution in [0.1, 0.15) is 44.9 Å². The molecule has 0 fully saturated rings. The highest BCUT2D eigenvalue weighted by Gasteiger charge is 2.29. The molecule has 2 N–H and O–H groups in total. The van der Waals surface area contributed by atoms with Crippen molar-refractivity contribution in [2.45, 2.75) is 40.2 Å². The van der Waals surface area contributed by atoms with Gasteiger partial charge in [-0.15, -0.1) is 10.2 Å². The van der Waals surface area contributed by atoms with Crippen LogP contribution in [0.3, 0.4) is 0 Å². The highest BCUT2D eigenvalue weighted by Crippen LogP contribution is 2.33. The molecule has 1 rings (SSSR count). The second-order valence-corrected chi connectivity index (χ2v) is 4.48. The third kappa shape index (κ3) is 1.80. The molecule has 0 aliphatic rings. The number of nitrogens with zero attached hydrogens (tertiary/aromatic N) is 3. The maximum atomic E-state index is 6.17. The van der Waals surface area contributed by atoms with Gasteiger partial charge in [0, 0.05) is 7.05 Å². The zero-order valence-corrected chi connectivity index (χ0v) is 9.70. The van der Waals surface area contributed by atoms with E-state index in [4.69, 9.17) is 5.73 Å². The van der Waals surface area contributed by atoms with E-state index in [0.717, 1.165) is 18.1 Å². The Hall–Kier alpha value is -0.900. The van der Waals surface area contributed by atoms with Gasteiger partial charge in [0.25, 0.3) is 0 Å². The van der Waals surface area contributed by atoms with Crippen molar-refractivity contribution in [2.75, 3.05) is 0 Å². The summed E-state index contributed by atoms with van der Waals surface area (Å²) in [5.41, 5.74) is 6.24. The van der Waals surface area contributed by atoms with Gasteiger partial charge >= 0.3 is 0 Å². The van der Waals surface area contributed by atoms with Crippen molar-refractivity contribution in [3.63, 3.8) is 0 Å². The first-order chi connectivity index (χ1) is 6.40. The summed E-state index contributed by atoms with van der Waals surface area (Å²) >= 11 is 0. The molecule has 0 amide bonds. The molecule has 4 heteroatoms. The molecule has 1 aromatic rings. The lowest BCUT2D eigenvalue weighted by molar-refractivity contribution is 0.265. The summed E-state index contributed by atoms with van der Waals surface area (Å²) in [6, 6.07) is -0.0568. The van der Waals surface area contributed by atoms with Gasteiger partial charge in [-0.2, -0.15) is 0 Å². The molecule has 0 aliphatic carbocycles. The van der Waals surface area contributed by atoms with Crippen molar-refractivity contribution in [1.29, 1.82) is 0 Å². The Bertz CT molecular complexity index is 314. The Morgan fingerprint density at radius 1 is 1.43 bits per heavy atom. The van der Waals surface area contributed by atoms with Crippen LogP contribution in [0.2, 0.25) is 0 Å². The minimum absolute atomic E-state index is 0.0568. The van der Waals surface area contributed by atoms with Crippen molar-refractivity contribution in [2.24, 2.45) is 18.2 Å². The van der Waals surface area contributed by atoms with E-state index in [-0.39, 0.29) is 11.5 Å². The van der Waals surface area contributed by atoms with E-state index in [2.05, 4.69) is 31.0 Å². The molecule has 14 heavy (non-hydrogen) atoms. The summed E-state index contributed by atoms with van der Waals surface area (Å²) in [7, 11) is 1.95. The average Bonchev–Trinajstić information content (AvgIpc) is 2.47. The third-order valence-corrected chi connectivity index (χ3v) is 3.16. The quantitative estimate of drug-likeness (QED) is 0.798. The fourth-order valence-corrected chi connectivity index (χ4v) is 1.26. The van der Waals surface area contributed by atoms with Crippen molar-refractivity contribution < 1.29 is 0 Å². The molecule has 1 heterocycles. The first kappa shape index (κ1) is 11.2. The van der Waals surface area contributed by atoms with E-state index in [1.165, 1.54) is 0 Å². The van der Waals surface area contributed by atoms with E-state index in [1.54, 1.807) is 0 Å². The van der Waals surface area contributed by atoms with Gasteiger partial charge in [0.05, 0.1) is 6.04 Å². The zero-order valence-electron chi connectivity index (χ0n) is 9.70. The molecule has 80 valence electrons. The first-order valence-corrected chi connectivity index (χ1v) is 5.01. The summed E-state index contributed by atoms with van der Waals surface area (Å²) < 4.78 is 1.96. The Balaban J connectivity index is 3.00. The molecule has 1 atom stereocenters. The Morgan fingerprint density at radius 2 is 2.00 bits per heavy atom. The second kappa shape index (κ2) is 3.69. The Labute approximate surface area is 85.5 Å². The number of rotatable bonds is 3. The van der Waals surface area contributed by atoms with E-state index >= 15 is 0 Å². The van der Waals surface area contributed by atoms with Gasteiger partial charge in [0.2, 0.25) is 0 Å². The lowest BCUT2D eigenvalue weighted by atomic mass is 9.82. The van der Waals surface area contributed by atoms with Crippen LogP contribution in [0.15, 0.2) is 0 Å². The Kier molecular flexibility index (Phi) is 2.95. The van der Waals surface area contributed by atoms with Crippen LogP contribution in [0.4, 0.5) is 0 Å². The first-order valence-electron chi connectivity index (χ1n) is 5.01. The molecule has 0 aliphatic heterocycles. The molecular weight excluding hydrogens is 176 g/mol. The molecule has 1 unspecified atom stereocenters. The van der Waals surface area contributed by atoms with Gasteiger partial charge in [-0.25, -0.2) is 0 Å². The summed E-state index contributed by atoms with van der Waals surface area (Å²) in [5, 5.41) is 8.14. The van der Waals surface area contributed by atoms with E-state index in [1.807, 2.05) is 18.5 Å². The van der Waals surface area contributed by atoms with Crippen LogP contribution < -0.4 is 5.73 Å². The predicted octanol–water partition coefficient (Wildman–Crippen LogP) is 1.56. The molecule has 4 nitrogen and oxygen atoms in total. The van der Waals surface area contributed by atoms with Crippen molar-refractivity contribution in [1.82, 2.24) is 14.8 Å². The number of aromatic nitrogens is 3. The normalized spacial score (nSPS) is 14.4. The third-order valence-electron chi connectivity index (χ3n) is 3.16. The maximum Gasteiger partial charge on any atom is 0.150 e. The van der Waals surface area contributed by atoms with E-state index < -0.39 is 0 Å². The van der Waals surface area contributed by atoms with Gasteiger partial charge in [-0.1, -0.05) is 20.8 Å². The molecule has 0 radical (unpaired) electrons. The van der Waals surface area contributed by atoms with Gasteiger partial charge < -0.3 is 10.3 Å². The van der Waals surface area contributed by atoms with E-state index in [0.29, 0.717) is 0 Å². The van der Waals surface area contributed by atoms with Gasteiger partial charge in [0.1, 0.15) is 11.6 Å². The van der Waals surface area contributed by atoms with Crippen LogP contribution in [-0.2, 0) is 7.05 Å². The van der Waals surface area contributed by atoms with Crippen molar-refractivity contribution in [3.05, 3.63) is 11.6 Å². The fourth-order valence-electron chi connectivity index (χ4n) is 1.26. The van der Waals surface area contributed by atoms with Crippen LogP contribution in [0.5, 0.6) is 0 Å². The monoisotopic (exact) mass is 196 g/mol. The number of hydrogen-bond acceptors (Lipinski definition) is 3. The smallest absolute Gasteiger partial charge is 0.150 e. The summed E-state index contributed by atoms with van der Waals surface area (Å²) in [5.74, 6) is 1.77. The SMILES string of the molecule is CCC(C)(C)C(N)c1nnc(C)n1C. The number of aryl methyl sites for hydroxylation is 1. The topological polar surface area (TPSA) is 56.7 Å². The summed E-state index contributed by atoms with van der Waals surface area (Å²) in [6.45, 7) is 8.38. The van der Waals surface area contributed by atoms with Crippen LogP contribution >= 0.6 is 0 Å². The van der Waals surface area contributed by atoms with Gasteiger partial charge in [-0.3, -0.25) is 0 Å². The fraction of sp³-hybridized carbons (Fsp3) is 0.800. The molecule has 0 bridgehead atoms. The summed E-state index contributed by atoms with van der Waals surface area (Å²) in [6.07, 6.45) is 1.03. The maximum absolute atomic E-state index is 6.17. The predicted molar refractivity (Wildman–Crippen MR) is 56.7 cm³/mol. The van der Waals surface area contributed by atoms with Gasteiger partial charge in [0.15, 0.2) is 0 Å². The second-order valence-electron chi connectivity index (χ2n) is 4.48. The molecule has 0 saturated heterocycles. The highest BCUT2D eigenvalue weighted by molar-refractivity contribution is 5.02. The largest absolute Gasteiger partial charge is 0.321 e. The number of hydrogen-bond donors (Lipinski definition) is 1. The minimum Gasteiger partial charge on any atom is -0.321 e. The van der Waals surface area contributed by atoms with Crippen LogP contribution in [0, 0.1) is 12.3 Å². The highest BCUT2D eigenvalue weighted by atomic mass is 15.3. The zero-order chi connectivity index (χ0) is 10.9. The molecule has 1 aromatic heterocycles. The average molecular weight is 196 g/mol. The van der Waals surface area contributed by atoms with Crippen LogP contribution in [-0.4, -0.2) is 14.8 Å². The molecule has 0 spiro atoms. The summed E-state index contributed by atoms with van der Waals surface area (Å²) in [4.78, 5) is 0.